The number of nitroso groups, excluding NO2 is 1. The van der Waals surface area contributed by atoms with Crippen LogP contribution in [0.1, 0.15) is 25.4 Å². The van der Waals surface area contributed by atoms with Crippen molar-refractivity contribution in [1.29, 1.82) is 0 Å². The van der Waals surface area contributed by atoms with Crippen molar-refractivity contribution >= 4 is 7.52 Å². The molecule has 0 radical (unpaired) electrons. The van der Waals surface area contributed by atoms with E-state index in [9.17, 15) is 14.3 Å². The molecule has 0 spiro atoms. The molecule has 9 heteroatoms. The van der Waals surface area contributed by atoms with Crippen LogP contribution in [0, 0.1) is 10.8 Å². The van der Waals surface area contributed by atoms with Gasteiger partial charge in [0.1, 0.15) is 13.0 Å². The van der Waals surface area contributed by atoms with Crippen molar-refractivity contribution in [1.82, 2.24) is 0 Å². The van der Waals surface area contributed by atoms with E-state index < -0.39 is 19.7 Å². The highest BCUT2D eigenvalue weighted by Gasteiger charge is 2.21. The van der Waals surface area contributed by atoms with Crippen LogP contribution in [0.5, 0.6) is 0 Å². The first-order valence-electron chi connectivity index (χ1n) is 5.20. The van der Waals surface area contributed by atoms with Crippen LogP contribution >= 0.6 is 7.52 Å². The van der Waals surface area contributed by atoms with Crippen LogP contribution in [0.4, 0.5) is 0 Å². The van der Waals surface area contributed by atoms with E-state index in [0.29, 0.717) is 12.2 Å². The van der Waals surface area contributed by atoms with Gasteiger partial charge in [-0.15, -0.1) is 4.91 Å². The Balaban J connectivity index is 2.64. The number of hydrogen-bond acceptors (Lipinski definition) is 6. The number of ether oxygens (including phenoxy) is 1. The van der Waals surface area contributed by atoms with Crippen LogP contribution in [0.25, 0.3) is 0 Å². The fourth-order valence-corrected chi connectivity index (χ4v) is 1.63. The Morgan fingerprint density at radius 1 is 1.39 bits per heavy atom. The van der Waals surface area contributed by atoms with Crippen molar-refractivity contribution in [2.24, 2.45) is 10.9 Å². The Kier molecular flexibility index (Phi) is 5.01. The van der Waals surface area contributed by atoms with Crippen molar-refractivity contribution in [2.75, 3.05) is 6.35 Å². The van der Waals surface area contributed by atoms with Gasteiger partial charge in [-0.05, 0) is 5.92 Å². The Morgan fingerprint density at radius 3 is 2.56 bits per heavy atom. The molecule has 0 aliphatic rings. The fraction of sp³-hybridized carbons (Fsp3) is 0.667. The summed E-state index contributed by atoms with van der Waals surface area (Å²) in [7, 11) is -4.15. The maximum Gasteiger partial charge on any atom is 0.519 e. The summed E-state index contributed by atoms with van der Waals surface area (Å²) in [4.78, 5) is 31.8. The molecule has 1 rings (SSSR count). The molecule has 1 atom stereocenters. The monoisotopic (exact) mass is 279 g/mol. The molecule has 18 heavy (non-hydrogen) atoms. The molecule has 0 fully saturated rings. The quantitative estimate of drug-likeness (QED) is 0.597. The Hall–Kier alpha value is -1.24. The molecule has 0 aliphatic carbocycles. The third-order valence-corrected chi connectivity index (χ3v) is 2.71. The predicted molar refractivity (Wildman–Crippen MR) is 61.1 cm³/mol. The van der Waals surface area contributed by atoms with Gasteiger partial charge in [-0.3, -0.25) is 4.57 Å². The lowest BCUT2D eigenvalue weighted by Gasteiger charge is -2.04. The number of nitrogens with zero attached hydrogens (tertiary/aromatic N) is 1. The lowest BCUT2D eigenvalue weighted by Crippen LogP contribution is -2.00. The van der Waals surface area contributed by atoms with E-state index in [4.69, 9.17) is 18.5 Å². The van der Waals surface area contributed by atoms with Crippen molar-refractivity contribution in [2.45, 2.75) is 26.9 Å². The van der Waals surface area contributed by atoms with Gasteiger partial charge < -0.3 is 18.5 Å². The van der Waals surface area contributed by atoms with Gasteiger partial charge in [0, 0.05) is 11.4 Å². The highest BCUT2D eigenvalue weighted by atomic mass is 31.2. The van der Waals surface area contributed by atoms with E-state index in [1.54, 1.807) is 0 Å². The maximum atomic E-state index is 10.9. The maximum absolute atomic E-state index is 10.9. The predicted octanol–water partition coefficient (Wildman–Crippen LogP) is 1.86. The molecular formula is C9H14NO7P. The topological polar surface area (TPSA) is 119 Å². The molecule has 0 bridgehead atoms. The average molecular weight is 279 g/mol. The third kappa shape index (κ3) is 4.56. The largest absolute Gasteiger partial charge is 0.519 e. The molecule has 102 valence electrons. The van der Waals surface area contributed by atoms with Crippen molar-refractivity contribution in [3.63, 3.8) is 0 Å². The second kappa shape index (κ2) is 6.08. The molecule has 0 saturated heterocycles. The Morgan fingerprint density at radius 2 is 2.00 bits per heavy atom. The highest BCUT2D eigenvalue weighted by Crippen LogP contribution is 2.41. The Labute approximate surface area is 102 Å². The minimum Gasteiger partial charge on any atom is -0.396 e. The van der Waals surface area contributed by atoms with E-state index in [0.717, 1.165) is 0 Å². The van der Waals surface area contributed by atoms with Gasteiger partial charge in [-0.1, -0.05) is 13.8 Å². The van der Waals surface area contributed by atoms with Gasteiger partial charge in [-0.25, -0.2) is 4.79 Å². The van der Waals surface area contributed by atoms with Gasteiger partial charge in [0.25, 0.3) is 0 Å². The van der Waals surface area contributed by atoms with Crippen LogP contribution in [0.3, 0.4) is 0 Å². The van der Waals surface area contributed by atoms with Gasteiger partial charge >= 0.3 is 13.3 Å². The number of hydrogen-bond donors (Lipinski definition) is 1. The highest BCUT2D eigenvalue weighted by molar-refractivity contribution is 7.56. The van der Waals surface area contributed by atoms with Crippen LogP contribution in [-0.2, 0) is 22.3 Å². The lowest BCUT2D eigenvalue weighted by molar-refractivity contribution is 0.136. The van der Waals surface area contributed by atoms with E-state index in [1.807, 2.05) is 18.8 Å². The van der Waals surface area contributed by atoms with Gasteiger partial charge in [0.15, 0.2) is 11.5 Å². The first-order chi connectivity index (χ1) is 8.34. The standard InChI is InChI=1S/C9H14NO7P/c1-6(2)3-7-8(17-9(11)16-7)4-15-5-18(13,14)10-12/h6H,3-5H2,1-2H3,(H,13,14). The summed E-state index contributed by atoms with van der Waals surface area (Å²) in [5, 5.41) is 0. The third-order valence-electron chi connectivity index (χ3n) is 1.94. The molecule has 1 unspecified atom stereocenters. The molecule has 1 heterocycles. The minimum atomic E-state index is -4.15. The van der Waals surface area contributed by atoms with E-state index in [1.165, 1.54) is 0 Å². The summed E-state index contributed by atoms with van der Waals surface area (Å²) in [5.41, 5.74) is 0. The van der Waals surface area contributed by atoms with Crippen LogP contribution in [0.15, 0.2) is 18.6 Å². The molecule has 0 aliphatic heterocycles. The summed E-state index contributed by atoms with van der Waals surface area (Å²) in [5.74, 6) is -0.128. The van der Waals surface area contributed by atoms with Crippen LogP contribution < -0.4 is 5.82 Å². The van der Waals surface area contributed by atoms with Gasteiger partial charge in [0.2, 0.25) is 0 Å². The zero-order valence-corrected chi connectivity index (χ0v) is 10.9. The summed E-state index contributed by atoms with van der Waals surface area (Å²) in [6, 6.07) is 0. The first-order valence-corrected chi connectivity index (χ1v) is 7.00. The SMILES string of the molecule is CC(C)Cc1oc(=O)oc1COCP(=O)(O)N=O. The van der Waals surface area contributed by atoms with Crippen LogP contribution in [-0.4, -0.2) is 11.2 Å². The molecule has 0 saturated carbocycles. The molecule has 0 amide bonds. The van der Waals surface area contributed by atoms with Crippen molar-refractivity contribution < 1.29 is 23.0 Å². The van der Waals surface area contributed by atoms with E-state index in [2.05, 4.69) is 0 Å². The zero-order chi connectivity index (χ0) is 13.8. The van der Waals surface area contributed by atoms with Gasteiger partial charge in [0.05, 0.1) is 0 Å². The summed E-state index contributed by atoms with van der Waals surface area (Å²) in [6.07, 6.45) is -0.250. The number of rotatable bonds is 7. The van der Waals surface area contributed by atoms with E-state index in [-0.39, 0.29) is 18.3 Å². The summed E-state index contributed by atoms with van der Waals surface area (Å²) in [6.45, 7) is 3.62. The lowest BCUT2D eigenvalue weighted by atomic mass is 10.1. The second-order valence-electron chi connectivity index (χ2n) is 4.12. The second-order valence-corrected chi connectivity index (χ2v) is 5.87. The zero-order valence-electron chi connectivity index (χ0n) is 9.99. The summed E-state index contributed by atoms with van der Waals surface area (Å²) < 4.78 is 25.2. The van der Waals surface area contributed by atoms with Crippen molar-refractivity contribution in [3.8, 4) is 0 Å². The molecule has 1 aromatic heterocycles. The molecule has 1 aromatic rings. The van der Waals surface area contributed by atoms with Gasteiger partial charge in [-0.2, -0.15) is 0 Å². The molecule has 8 nitrogen and oxygen atoms in total. The molecule has 0 aromatic carbocycles. The van der Waals surface area contributed by atoms with E-state index >= 15 is 0 Å². The van der Waals surface area contributed by atoms with Crippen LogP contribution in [0.2, 0.25) is 0 Å². The summed E-state index contributed by atoms with van der Waals surface area (Å²) >= 11 is 0. The molecular weight excluding hydrogens is 265 g/mol. The first kappa shape index (κ1) is 14.8. The minimum absolute atomic E-state index is 0.152. The fourth-order valence-electron chi connectivity index (χ4n) is 1.25. The molecule has 1 N–H and O–H groups in total. The smallest absolute Gasteiger partial charge is 0.396 e. The van der Waals surface area contributed by atoms with Crippen molar-refractivity contribution in [3.05, 3.63) is 27.0 Å². The average Bonchev–Trinajstić information content (AvgIpc) is 2.58. The Bertz CT molecular complexity index is 503. The normalized spacial score (nSPS) is 14.7.